The number of nitrogens with one attached hydrogen (secondary N) is 1. The SMILES string of the molecule is CCOC(=O)CCCNCc1c(Cl)c(C)nn1CC. The minimum absolute atomic E-state index is 0.142. The van der Waals surface area contributed by atoms with Gasteiger partial charge in [-0.3, -0.25) is 9.48 Å². The lowest BCUT2D eigenvalue weighted by molar-refractivity contribution is -0.143. The minimum atomic E-state index is -0.142. The third kappa shape index (κ3) is 4.84. The Morgan fingerprint density at radius 1 is 1.47 bits per heavy atom. The molecule has 0 aliphatic heterocycles. The lowest BCUT2D eigenvalue weighted by Crippen LogP contribution is -2.19. The highest BCUT2D eigenvalue weighted by atomic mass is 35.5. The highest BCUT2D eigenvalue weighted by Gasteiger charge is 2.11. The molecule has 0 unspecified atom stereocenters. The Hall–Kier alpha value is -1.07. The first kappa shape index (κ1) is 16.0. The van der Waals surface area contributed by atoms with Crippen molar-refractivity contribution < 1.29 is 9.53 Å². The van der Waals surface area contributed by atoms with Crippen LogP contribution in [-0.4, -0.2) is 28.9 Å². The molecule has 0 atom stereocenters. The molecular formula is C13H22ClN3O2. The van der Waals surface area contributed by atoms with Gasteiger partial charge in [0.1, 0.15) is 0 Å². The maximum Gasteiger partial charge on any atom is 0.305 e. The predicted molar refractivity (Wildman–Crippen MR) is 75.2 cm³/mol. The highest BCUT2D eigenvalue weighted by molar-refractivity contribution is 6.31. The van der Waals surface area contributed by atoms with E-state index in [9.17, 15) is 4.79 Å². The number of esters is 1. The molecule has 1 N–H and O–H groups in total. The topological polar surface area (TPSA) is 56.1 Å². The van der Waals surface area contributed by atoms with Gasteiger partial charge in [-0.15, -0.1) is 0 Å². The van der Waals surface area contributed by atoms with Crippen LogP contribution in [-0.2, 0) is 22.6 Å². The zero-order chi connectivity index (χ0) is 14.3. The lowest BCUT2D eigenvalue weighted by Gasteiger charge is -2.07. The average molecular weight is 288 g/mol. The van der Waals surface area contributed by atoms with Crippen molar-refractivity contribution in [3.8, 4) is 0 Å². The smallest absolute Gasteiger partial charge is 0.305 e. The molecule has 108 valence electrons. The summed E-state index contributed by atoms with van der Waals surface area (Å²) in [6.45, 7) is 8.40. The van der Waals surface area contributed by atoms with E-state index in [1.807, 2.05) is 25.5 Å². The molecular weight excluding hydrogens is 266 g/mol. The number of aromatic nitrogens is 2. The van der Waals surface area contributed by atoms with E-state index in [4.69, 9.17) is 16.3 Å². The van der Waals surface area contributed by atoms with Gasteiger partial charge in [0.25, 0.3) is 0 Å². The summed E-state index contributed by atoms with van der Waals surface area (Å²) >= 11 is 6.20. The number of carbonyl (C=O) groups is 1. The molecule has 0 aliphatic carbocycles. The van der Waals surface area contributed by atoms with Crippen molar-refractivity contribution in [3.63, 3.8) is 0 Å². The standard InChI is InChI=1S/C13H22ClN3O2/c1-4-17-11(13(14)10(3)16-17)9-15-8-6-7-12(18)19-5-2/h15H,4-9H2,1-3H3. The van der Waals surface area contributed by atoms with Gasteiger partial charge in [0.15, 0.2) is 0 Å². The molecule has 1 heterocycles. The van der Waals surface area contributed by atoms with Crippen LogP contribution in [0.3, 0.4) is 0 Å². The van der Waals surface area contributed by atoms with Crippen molar-refractivity contribution in [3.05, 3.63) is 16.4 Å². The van der Waals surface area contributed by atoms with Crippen LogP contribution in [0.25, 0.3) is 0 Å². The lowest BCUT2D eigenvalue weighted by atomic mass is 10.3. The molecule has 0 amide bonds. The van der Waals surface area contributed by atoms with Crippen LogP contribution in [0, 0.1) is 6.92 Å². The zero-order valence-electron chi connectivity index (χ0n) is 11.8. The number of nitrogens with zero attached hydrogens (tertiary/aromatic N) is 2. The third-order valence-corrected chi connectivity index (χ3v) is 3.28. The van der Waals surface area contributed by atoms with Gasteiger partial charge in [-0.05, 0) is 33.7 Å². The second-order valence-electron chi connectivity index (χ2n) is 4.25. The molecule has 0 spiro atoms. The Kier molecular flexibility index (Phi) is 6.87. The fraction of sp³-hybridized carbons (Fsp3) is 0.692. The maximum atomic E-state index is 11.1. The van der Waals surface area contributed by atoms with Crippen LogP contribution in [0.15, 0.2) is 0 Å². The molecule has 1 aromatic heterocycles. The zero-order valence-corrected chi connectivity index (χ0v) is 12.6. The molecule has 1 rings (SSSR count). The van der Waals surface area contributed by atoms with Crippen LogP contribution in [0.2, 0.25) is 5.02 Å². The number of hydrogen-bond donors (Lipinski definition) is 1. The van der Waals surface area contributed by atoms with Crippen molar-refractivity contribution in [2.75, 3.05) is 13.2 Å². The highest BCUT2D eigenvalue weighted by Crippen LogP contribution is 2.19. The largest absolute Gasteiger partial charge is 0.466 e. The van der Waals surface area contributed by atoms with E-state index in [1.54, 1.807) is 0 Å². The number of rotatable bonds is 8. The Morgan fingerprint density at radius 2 is 2.21 bits per heavy atom. The van der Waals surface area contributed by atoms with E-state index in [1.165, 1.54) is 0 Å². The summed E-state index contributed by atoms with van der Waals surface area (Å²) in [6, 6.07) is 0. The fourth-order valence-corrected chi connectivity index (χ4v) is 2.04. The first-order valence-electron chi connectivity index (χ1n) is 6.68. The van der Waals surface area contributed by atoms with Gasteiger partial charge >= 0.3 is 5.97 Å². The van der Waals surface area contributed by atoms with E-state index in [0.29, 0.717) is 19.6 Å². The van der Waals surface area contributed by atoms with E-state index >= 15 is 0 Å². The van der Waals surface area contributed by atoms with Crippen molar-refractivity contribution in [1.29, 1.82) is 0 Å². The Labute approximate surface area is 119 Å². The van der Waals surface area contributed by atoms with Gasteiger partial charge in [-0.2, -0.15) is 5.10 Å². The predicted octanol–water partition coefficient (Wildman–Crippen LogP) is 2.30. The van der Waals surface area contributed by atoms with E-state index < -0.39 is 0 Å². The van der Waals surface area contributed by atoms with Crippen LogP contribution >= 0.6 is 11.6 Å². The van der Waals surface area contributed by atoms with E-state index in [-0.39, 0.29) is 5.97 Å². The summed E-state index contributed by atoms with van der Waals surface area (Å²) in [5, 5.41) is 8.35. The summed E-state index contributed by atoms with van der Waals surface area (Å²) < 4.78 is 6.76. The minimum Gasteiger partial charge on any atom is -0.466 e. The molecule has 5 nitrogen and oxygen atoms in total. The fourth-order valence-electron chi connectivity index (χ4n) is 1.84. The molecule has 0 saturated carbocycles. The quantitative estimate of drug-likeness (QED) is 0.589. The Balaban J connectivity index is 2.31. The Morgan fingerprint density at radius 3 is 2.84 bits per heavy atom. The summed E-state index contributed by atoms with van der Waals surface area (Å²) in [4.78, 5) is 11.1. The average Bonchev–Trinajstić information content (AvgIpc) is 2.66. The Bertz CT molecular complexity index is 418. The number of hydrogen-bond acceptors (Lipinski definition) is 4. The summed E-state index contributed by atoms with van der Waals surface area (Å²) in [5.41, 5.74) is 1.85. The molecule has 0 bridgehead atoms. The molecule has 6 heteroatoms. The third-order valence-electron chi connectivity index (χ3n) is 2.79. The van der Waals surface area contributed by atoms with Crippen LogP contribution in [0.4, 0.5) is 0 Å². The normalized spacial score (nSPS) is 10.7. The van der Waals surface area contributed by atoms with E-state index in [0.717, 1.165) is 35.9 Å². The van der Waals surface area contributed by atoms with Gasteiger partial charge in [0.2, 0.25) is 0 Å². The number of halogens is 1. The molecule has 0 aliphatic rings. The van der Waals surface area contributed by atoms with Crippen LogP contribution in [0.5, 0.6) is 0 Å². The van der Waals surface area contributed by atoms with Gasteiger partial charge in [0.05, 0.1) is 23.0 Å². The van der Waals surface area contributed by atoms with Crippen LogP contribution in [0.1, 0.15) is 38.1 Å². The molecule has 19 heavy (non-hydrogen) atoms. The van der Waals surface area contributed by atoms with Gasteiger partial charge in [-0.25, -0.2) is 0 Å². The van der Waals surface area contributed by atoms with Crippen molar-refractivity contribution in [2.45, 2.75) is 46.7 Å². The number of ether oxygens (including phenoxy) is 1. The summed E-state index contributed by atoms with van der Waals surface area (Å²) in [5.74, 6) is -0.142. The molecule has 1 aromatic rings. The molecule has 0 aromatic carbocycles. The second kappa shape index (κ2) is 8.17. The van der Waals surface area contributed by atoms with Crippen molar-refractivity contribution in [2.24, 2.45) is 0 Å². The summed E-state index contributed by atoms with van der Waals surface area (Å²) in [7, 11) is 0. The number of carbonyl (C=O) groups excluding carboxylic acids is 1. The maximum absolute atomic E-state index is 11.1. The first-order chi connectivity index (χ1) is 9.10. The van der Waals surface area contributed by atoms with Gasteiger partial charge in [-0.1, -0.05) is 11.6 Å². The van der Waals surface area contributed by atoms with Crippen LogP contribution < -0.4 is 5.32 Å². The van der Waals surface area contributed by atoms with Crippen molar-refractivity contribution >= 4 is 17.6 Å². The first-order valence-corrected chi connectivity index (χ1v) is 7.06. The summed E-state index contributed by atoms with van der Waals surface area (Å²) in [6.07, 6.45) is 1.20. The van der Waals surface area contributed by atoms with E-state index in [2.05, 4.69) is 10.4 Å². The molecule has 0 fully saturated rings. The monoisotopic (exact) mass is 287 g/mol. The molecule has 0 saturated heterocycles. The van der Waals surface area contributed by atoms with Crippen molar-refractivity contribution in [1.82, 2.24) is 15.1 Å². The number of aryl methyl sites for hydroxylation is 2. The second-order valence-corrected chi connectivity index (χ2v) is 4.63. The molecule has 0 radical (unpaired) electrons. The van der Waals surface area contributed by atoms with Gasteiger partial charge < -0.3 is 10.1 Å². The van der Waals surface area contributed by atoms with Gasteiger partial charge in [0, 0.05) is 19.5 Å².